The molecule has 1 aromatic heterocycles. The van der Waals surface area contributed by atoms with Crippen molar-refractivity contribution >= 4 is 37.1 Å². The van der Waals surface area contributed by atoms with Crippen LogP contribution in [0.15, 0.2) is 35.4 Å². The second-order valence-corrected chi connectivity index (χ2v) is 14.0. The number of aromatic nitrogens is 2. The third-order valence-electron chi connectivity index (χ3n) is 7.07. The Morgan fingerprint density at radius 2 is 1.90 bits per heavy atom. The van der Waals surface area contributed by atoms with E-state index in [1.165, 1.54) is 10.9 Å². The topological polar surface area (TPSA) is 177 Å². The maximum Gasteiger partial charge on any atom is 0.501 e. The van der Waals surface area contributed by atoms with Gasteiger partial charge in [0.2, 0.25) is 0 Å². The van der Waals surface area contributed by atoms with Crippen LogP contribution < -0.4 is 16.4 Å². The number of carbonyl (C=O) groups is 1. The van der Waals surface area contributed by atoms with Crippen LogP contribution in [0.25, 0.3) is 0 Å². The summed E-state index contributed by atoms with van der Waals surface area (Å²) in [5.41, 5.74) is 0.208. The monoisotopic (exact) mass is 588 g/mol. The van der Waals surface area contributed by atoms with Gasteiger partial charge in [0.05, 0.1) is 34.4 Å². The van der Waals surface area contributed by atoms with E-state index in [0.717, 1.165) is 24.3 Å². The fourth-order valence-corrected chi connectivity index (χ4v) is 7.61. The number of rotatable bonds is 8. The van der Waals surface area contributed by atoms with Crippen molar-refractivity contribution in [2.24, 2.45) is 17.6 Å². The summed E-state index contributed by atoms with van der Waals surface area (Å²) < 4.78 is 86.4. The second kappa shape index (κ2) is 10.8. The molecular weight excluding hydrogens is 561 g/mol. The van der Waals surface area contributed by atoms with E-state index in [4.69, 9.17) is 5.73 Å². The summed E-state index contributed by atoms with van der Waals surface area (Å²) in [6.45, 7) is 0.553. The second-order valence-electron chi connectivity index (χ2n) is 9.82. The van der Waals surface area contributed by atoms with Crippen molar-refractivity contribution in [3.63, 3.8) is 0 Å². The number of carbonyl (C=O) groups excluding carboxylic acids is 1. The van der Waals surface area contributed by atoms with Gasteiger partial charge < -0.3 is 16.4 Å². The number of primary amides is 1. The van der Waals surface area contributed by atoms with E-state index in [9.17, 15) is 40.1 Å². The van der Waals surface area contributed by atoms with Gasteiger partial charge >= 0.3 is 5.51 Å². The van der Waals surface area contributed by atoms with Gasteiger partial charge in [-0.1, -0.05) is 0 Å². The van der Waals surface area contributed by atoms with Crippen LogP contribution in [0.5, 0.6) is 0 Å². The van der Waals surface area contributed by atoms with Crippen molar-refractivity contribution in [3.05, 3.63) is 36.0 Å². The van der Waals surface area contributed by atoms with Crippen LogP contribution in [0.2, 0.25) is 0 Å². The number of nitrogens with zero attached hydrogens (tertiary/aromatic N) is 3. The molecule has 1 amide bonds. The Morgan fingerprint density at radius 1 is 1.21 bits per heavy atom. The van der Waals surface area contributed by atoms with Gasteiger partial charge in [-0.3, -0.25) is 9.48 Å². The number of nitrogens with two attached hydrogens (primary N) is 1. The average Bonchev–Trinajstić information content (AvgIpc) is 3.44. The van der Waals surface area contributed by atoms with Crippen LogP contribution in [-0.4, -0.2) is 62.1 Å². The van der Waals surface area contributed by atoms with Crippen molar-refractivity contribution in [2.75, 3.05) is 23.4 Å². The Kier molecular flexibility index (Phi) is 7.97. The summed E-state index contributed by atoms with van der Waals surface area (Å²) in [5, 5.41) is 20.4. The van der Waals surface area contributed by atoms with E-state index in [1.807, 2.05) is 0 Å². The predicted molar refractivity (Wildman–Crippen MR) is 134 cm³/mol. The number of alkyl halides is 3. The molecule has 212 valence electrons. The summed E-state index contributed by atoms with van der Waals surface area (Å²) >= 11 is 0. The first kappa shape index (κ1) is 28.8. The Morgan fingerprint density at radius 3 is 2.46 bits per heavy atom. The zero-order chi connectivity index (χ0) is 28.6. The van der Waals surface area contributed by atoms with Gasteiger partial charge in [0.15, 0.2) is 15.7 Å². The molecule has 2 aliphatic rings. The average molecular weight is 589 g/mol. The minimum atomic E-state index is -5.51. The standard InChI is InChI=1S/C23H27F3N6O5S2/c24-23(25,26)39(36,37)18-4-1-16(2-5-18)30-22-19(21(28)33)12-32(31-22)20-6-3-17(9-15(20)10-27)29-11-14-7-8-38(34,35)13-14/h1-2,4-5,12,14-15,17,20,29H,3,6-9,11,13H2,(H2,28,33)(H,30,31). The molecule has 16 heteroatoms. The van der Waals surface area contributed by atoms with Crippen LogP contribution >= 0.6 is 0 Å². The van der Waals surface area contributed by atoms with Gasteiger partial charge in [-0.15, -0.1) is 0 Å². The molecule has 2 fully saturated rings. The van der Waals surface area contributed by atoms with Crippen LogP contribution in [0.4, 0.5) is 24.7 Å². The van der Waals surface area contributed by atoms with Gasteiger partial charge in [0.25, 0.3) is 15.7 Å². The number of hydrogen-bond acceptors (Lipinski definition) is 9. The van der Waals surface area contributed by atoms with Gasteiger partial charge in [0, 0.05) is 17.9 Å². The van der Waals surface area contributed by atoms with Crippen molar-refractivity contribution in [2.45, 2.75) is 48.2 Å². The van der Waals surface area contributed by atoms with Crippen molar-refractivity contribution < 1.29 is 34.8 Å². The number of halogens is 3. The Balaban J connectivity index is 1.46. The van der Waals surface area contributed by atoms with Gasteiger partial charge in [-0.25, -0.2) is 16.8 Å². The zero-order valence-corrected chi connectivity index (χ0v) is 22.2. The highest BCUT2D eigenvalue weighted by molar-refractivity contribution is 7.92. The van der Waals surface area contributed by atoms with E-state index < -0.39 is 41.9 Å². The molecule has 1 aliphatic carbocycles. The Hall–Kier alpha value is -3.16. The van der Waals surface area contributed by atoms with Crippen molar-refractivity contribution in [1.29, 1.82) is 5.26 Å². The molecule has 39 heavy (non-hydrogen) atoms. The van der Waals surface area contributed by atoms with E-state index >= 15 is 0 Å². The van der Waals surface area contributed by atoms with E-state index in [1.54, 1.807) is 0 Å². The number of nitriles is 1. The largest absolute Gasteiger partial charge is 0.501 e. The molecule has 0 bridgehead atoms. The summed E-state index contributed by atoms with van der Waals surface area (Å²) in [6.07, 6.45) is 3.74. The van der Waals surface area contributed by atoms with E-state index in [-0.39, 0.29) is 46.6 Å². The molecule has 2 aromatic rings. The lowest BCUT2D eigenvalue weighted by Gasteiger charge is -2.33. The van der Waals surface area contributed by atoms with Gasteiger partial charge in [-0.05, 0) is 62.4 Å². The molecular formula is C23H27F3N6O5S2. The Bertz CT molecular complexity index is 1480. The summed E-state index contributed by atoms with van der Waals surface area (Å²) in [5.74, 6) is -0.875. The van der Waals surface area contributed by atoms with Crippen molar-refractivity contribution in [1.82, 2.24) is 15.1 Å². The number of amides is 1. The molecule has 1 saturated heterocycles. The van der Waals surface area contributed by atoms with Crippen LogP contribution in [0.1, 0.15) is 42.1 Å². The molecule has 11 nitrogen and oxygen atoms in total. The highest BCUT2D eigenvalue weighted by Crippen LogP contribution is 2.36. The molecule has 4 N–H and O–H groups in total. The summed E-state index contributed by atoms with van der Waals surface area (Å²) in [7, 11) is -8.48. The lowest BCUT2D eigenvalue weighted by atomic mass is 9.82. The normalized spacial score (nSPS) is 25.2. The number of benzene rings is 1. The van der Waals surface area contributed by atoms with Crippen molar-refractivity contribution in [3.8, 4) is 6.07 Å². The third kappa shape index (κ3) is 6.36. The summed E-state index contributed by atoms with van der Waals surface area (Å²) in [4.78, 5) is 11.1. The first-order valence-electron chi connectivity index (χ1n) is 12.1. The van der Waals surface area contributed by atoms with Crippen LogP contribution in [-0.2, 0) is 19.7 Å². The predicted octanol–water partition coefficient (Wildman–Crippen LogP) is 2.28. The minimum absolute atomic E-state index is 0.00769. The molecule has 0 spiro atoms. The fourth-order valence-electron chi connectivity index (χ4n) is 4.98. The quantitative estimate of drug-likeness (QED) is 0.417. The molecule has 0 radical (unpaired) electrons. The van der Waals surface area contributed by atoms with Gasteiger partial charge in [-0.2, -0.15) is 23.5 Å². The highest BCUT2D eigenvalue weighted by Gasteiger charge is 2.46. The molecule has 1 aromatic carbocycles. The molecule has 4 rings (SSSR count). The third-order valence-corrected chi connectivity index (χ3v) is 10.4. The lowest BCUT2D eigenvalue weighted by molar-refractivity contribution is -0.0436. The smallest absolute Gasteiger partial charge is 0.365 e. The SMILES string of the molecule is N#CC1CC(NCC2CCS(=O)(=O)C2)CCC1n1cc(C(N)=O)c(Nc2ccc(S(=O)(=O)C(F)(F)F)cc2)n1. The molecule has 1 aliphatic heterocycles. The lowest BCUT2D eigenvalue weighted by Crippen LogP contribution is -2.40. The van der Waals surface area contributed by atoms with E-state index in [2.05, 4.69) is 21.8 Å². The zero-order valence-electron chi connectivity index (χ0n) is 20.6. The van der Waals surface area contributed by atoms with Crippen LogP contribution in [0, 0.1) is 23.2 Å². The summed E-state index contributed by atoms with van der Waals surface area (Å²) in [6, 6.07) is 5.70. The number of sulfone groups is 2. The van der Waals surface area contributed by atoms with E-state index in [0.29, 0.717) is 32.2 Å². The number of hydrogen-bond donors (Lipinski definition) is 3. The van der Waals surface area contributed by atoms with Gasteiger partial charge in [0.1, 0.15) is 5.56 Å². The molecule has 4 unspecified atom stereocenters. The Labute approximate surface area is 223 Å². The molecule has 1 saturated carbocycles. The molecule has 2 heterocycles. The molecule has 4 atom stereocenters. The minimum Gasteiger partial charge on any atom is -0.365 e. The first-order valence-corrected chi connectivity index (χ1v) is 15.4. The first-order chi connectivity index (χ1) is 18.2. The highest BCUT2D eigenvalue weighted by atomic mass is 32.2. The number of anilines is 2. The maximum absolute atomic E-state index is 12.8. The maximum atomic E-state index is 12.8. The van der Waals surface area contributed by atoms with Crippen LogP contribution in [0.3, 0.4) is 0 Å². The number of nitrogens with one attached hydrogen (secondary N) is 2. The fraction of sp³-hybridized carbons (Fsp3) is 0.522.